The molecule has 2 fully saturated rings. The molecule has 2 aromatic carbocycles. The molecule has 2 saturated heterocycles. The summed E-state index contributed by atoms with van der Waals surface area (Å²) in [4.78, 5) is 26.1. The van der Waals surface area contributed by atoms with Crippen LogP contribution in [0.4, 0.5) is 5.69 Å². The number of amides is 2. The van der Waals surface area contributed by atoms with E-state index >= 15 is 0 Å². The first kappa shape index (κ1) is 21.4. The van der Waals surface area contributed by atoms with Crippen molar-refractivity contribution >= 4 is 27.5 Å². The van der Waals surface area contributed by atoms with Crippen molar-refractivity contribution in [3.63, 3.8) is 0 Å². The highest BCUT2D eigenvalue weighted by Crippen LogP contribution is 2.23. The van der Waals surface area contributed by atoms with Gasteiger partial charge < -0.3 is 10.2 Å². The summed E-state index contributed by atoms with van der Waals surface area (Å²) < 4.78 is 25.9. The molecule has 2 aliphatic rings. The number of carbonyl (C=O) groups is 2. The van der Waals surface area contributed by atoms with Gasteiger partial charge in [-0.3, -0.25) is 13.9 Å². The monoisotopic (exact) mass is 441 g/mol. The van der Waals surface area contributed by atoms with Crippen LogP contribution < -0.4 is 9.62 Å². The van der Waals surface area contributed by atoms with E-state index in [1.165, 1.54) is 4.31 Å². The van der Waals surface area contributed by atoms with E-state index in [9.17, 15) is 18.0 Å². The normalized spacial score (nSPS) is 18.3. The lowest BCUT2D eigenvalue weighted by Crippen LogP contribution is -2.37. The molecule has 0 aromatic heterocycles. The fraction of sp³-hybridized carbons (Fsp3) is 0.391. The standard InChI is InChI=1S/C23H27N3O4S/c27-22-4-3-13-25(22)17-19-7-5-18(6-8-19)16-24-23(28)20-9-11-21(12-10-20)26-14-1-2-15-31(26,29)30/h5-12H,1-4,13-17H2,(H,24,28). The molecule has 164 valence electrons. The molecule has 0 bridgehead atoms. The molecule has 0 radical (unpaired) electrons. The van der Waals surface area contributed by atoms with Crippen LogP contribution in [-0.2, 0) is 27.9 Å². The largest absolute Gasteiger partial charge is 0.348 e. The minimum atomic E-state index is -3.26. The number of likely N-dealkylation sites (tertiary alicyclic amines) is 1. The Morgan fingerprint density at radius 3 is 2.26 bits per heavy atom. The number of anilines is 1. The number of nitrogens with zero attached hydrogens (tertiary/aromatic N) is 2. The SMILES string of the molecule is O=C(NCc1ccc(CN2CCCC2=O)cc1)c1ccc(N2CCCCS2(=O)=O)cc1. The second-order valence-electron chi connectivity index (χ2n) is 8.06. The first-order chi connectivity index (χ1) is 14.9. The van der Waals surface area contributed by atoms with Gasteiger partial charge in [0.15, 0.2) is 0 Å². The molecule has 0 aliphatic carbocycles. The number of nitrogens with one attached hydrogen (secondary N) is 1. The van der Waals surface area contributed by atoms with Gasteiger partial charge in [0.2, 0.25) is 15.9 Å². The smallest absolute Gasteiger partial charge is 0.251 e. The van der Waals surface area contributed by atoms with Crippen LogP contribution in [0.15, 0.2) is 48.5 Å². The van der Waals surface area contributed by atoms with Crippen LogP contribution in [0.3, 0.4) is 0 Å². The molecule has 0 unspecified atom stereocenters. The second kappa shape index (κ2) is 9.09. The molecule has 0 saturated carbocycles. The molecular formula is C23H27N3O4S. The van der Waals surface area contributed by atoms with Crippen molar-refractivity contribution in [3.05, 3.63) is 65.2 Å². The van der Waals surface area contributed by atoms with Gasteiger partial charge >= 0.3 is 0 Å². The Kier molecular flexibility index (Phi) is 6.27. The number of rotatable bonds is 6. The molecule has 0 atom stereocenters. The lowest BCUT2D eigenvalue weighted by atomic mass is 10.1. The van der Waals surface area contributed by atoms with Crippen molar-refractivity contribution in [1.82, 2.24) is 10.2 Å². The van der Waals surface area contributed by atoms with Crippen molar-refractivity contribution in [1.29, 1.82) is 0 Å². The van der Waals surface area contributed by atoms with Gasteiger partial charge in [0.05, 0.1) is 11.4 Å². The van der Waals surface area contributed by atoms with E-state index in [4.69, 9.17) is 0 Å². The van der Waals surface area contributed by atoms with E-state index in [2.05, 4.69) is 5.32 Å². The van der Waals surface area contributed by atoms with E-state index in [-0.39, 0.29) is 17.6 Å². The minimum absolute atomic E-state index is 0.169. The number of carbonyl (C=O) groups excluding carboxylic acids is 2. The van der Waals surface area contributed by atoms with E-state index in [0.717, 1.165) is 30.5 Å². The van der Waals surface area contributed by atoms with Crippen LogP contribution in [-0.4, -0.2) is 44.0 Å². The van der Waals surface area contributed by atoms with E-state index < -0.39 is 10.0 Å². The zero-order valence-electron chi connectivity index (χ0n) is 17.4. The highest BCUT2D eigenvalue weighted by atomic mass is 32.2. The van der Waals surface area contributed by atoms with Gasteiger partial charge in [-0.15, -0.1) is 0 Å². The quantitative estimate of drug-likeness (QED) is 0.747. The Hall–Kier alpha value is -2.87. The summed E-state index contributed by atoms with van der Waals surface area (Å²) in [5.74, 6) is 0.169. The first-order valence-electron chi connectivity index (χ1n) is 10.7. The summed E-state index contributed by atoms with van der Waals surface area (Å²) in [5, 5.41) is 2.89. The molecule has 2 amide bonds. The predicted molar refractivity (Wildman–Crippen MR) is 119 cm³/mol. The van der Waals surface area contributed by atoms with Crippen LogP contribution in [0.2, 0.25) is 0 Å². The van der Waals surface area contributed by atoms with Gasteiger partial charge in [-0.1, -0.05) is 24.3 Å². The van der Waals surface area contributed by atoms with Gasteiger partial charge in [-0.05, 0) is 54.7 Å². The summed E-state index contributed by atoms with van der Waals surface area (Å²) in [6, 6.07) is 14.6. The average molecular weight is 442 g/mol. The lowest BCUT2D eigenvalue weighted by molar-refractivity contribution is -0.128. The minimum Gasteiger partial charge on any atom is -0.348 e. The fourth-order valence-electron chi connectivity index (χ4n) is 4.00. The molecule has 2 aliphatic heterocycles. The average Bonchev–Trinajstić information content (AvgIpc) is 3.17. The van der Waals surface area contributed by atoms with Crippen LogP contribution in [0.25, 0.3) is 0 Å². The van der Waals surface area contributed by atoms with Crippen molar-refractivity contribution in [2.24, 2.45) is 0 Å². The third kappa shape index (κ3) is 5.07. The third-order valence-electron chi connectivity index (χ3n) is 5.79. The van der Waals surface area contributed by atoms with Gasteiger partial charge in [0.25, 0.3) is 5.91 Å². The second-order valence-corrected chi connectivity index (χ2v) is 10.1. The van der Waals surface area contributed by atoms with Crippen molar-refractivity contribution in [2.45, 2.75) is 38.8 Å². The van der Waals surface area contributed by atoms with Crippen molar-refractivity contribution in [2.75, 3.05) is 23.1 Å². The van der Waals surface area contributed by atoms with Gasteiger partial charge in [0, 0.05) is 38.2 Å². The highest BCUT2D eigenvalue weighted by Gasteiger charge is 2.26. The summed E-state index contributed by atoms with van der Waals surface area (Å²) in [5.41, 5.74) is 3.14. The predicted octanol–water partition coefficient (Wildman–Crippen LogP) is 2.67. The van der Waals surface area contributed by atoms with Crippen LogP contribution in [0.1, 0.15) is 47.2 Å². The summed E-state index contributed by atoms with van der Waals surface area (Å²) >= 11 is 0. The zero-order chi connectivity index (χ0) is 21.8. The molecule has 2 aromatic rings. The number of hydrogen-bond donors (Lipinski definition) is 1. The molecular weight excluding hydrogens is 414 g/mol. The Labute approximate surface area is 183 Å². The molecule has 4 rings (SSSR count). The maximum Gasteiger partial charge on any atom is 0.251 e. The topological polar surface area (TPSA) is 86.8 Å². The molecule has 31 heavy (non-hydrogen) atoms. The van der Waals surface area contributed by atoms with E-state index in [0.29, 0.717) is 43.7 Å². The van der Waals surface area contributed by atoms with Crippen LogP contribution in [0, 0.1) is 0 Å². The maximum atomic E-state index is 12.5. The Morgan fingerprint density at radius 1 is 0.903 bits per heavy atom. The lowest BCUT2D eigenvalue weighted by Gasteiger charge is -2.28. The van der Waals surface area contributed by atoms with Crippen molar-refractivity contribution < 1.29 is 18.0 Å². The zero-order valence-corrected chi connectivity index (χ0v) is 18.2. The maximum absolute atomic E-state index is 12.5. The molecule has 8 heteroatoms. The van der Waals surface area contributed by atoms with E-state index in [1.807, 2.05) is 29.2 Å². The Balaban J connectivity index is 1.32. The molecule has 1 N–H and O–H groups in total. The number of hydrogen-bond acceptors (Lipinski definition) is 4. The van der Waals surface area contributed by atoms with E-state index in [1.54, 1.807) is 24.3 Å². The molecule has 0 spiro atoms. The summed E-state index contributed by atoms with van der Waals surface area (Å²) in [7, 11) is -3.26. The number of sulfonamides is 1. The Bertz CT molecular complexity index is 1050. The highest BCUT2D eigenvalue weighted by molar-refractivity contribution is 7.92. The van der Waals surface area contributed by atoms with Crippen LogP contribution >= 0.6 is 0 Å². The molecule has 2 heterocycles. The van der Waals surface area contributed by atoms with Gasteiger partial charge in [-0.25, -0.2) is 8.42 Å². The van der Waals surface area contributed by atoms with Crippen molar-refractivity contribution in [3.8, 4) is 0 Å². The number of benzene rings is 2. The summed E-state index contributed by atoms with van der Waals surface area (Å²) in [6.07, 6.45) is 3.10. The van der Waals surface area contributed by atoms with Crippen LogP contribution in [0.5, 0.6) is 0 Å². The first-order valence-corrected chi connectivity index (χ1v) is 12.3. The van der Waals surface area contributed by atoms with Gasteiger partial charge in [-0.2, -0.15) is 0 Å². The fourth-order valence-corrected chi connectivity index (χ4v) is 5.64. The van der Waals surface area contributed by atoms with Gasteiger partial charge in [0.1, 0.15) is 0 Å². The summed E-state index contributed by atoms with van der Waals surface area (Å²) in [6.45, 7) is 2.32. The molecule has 7 nitrogen and oxygen atoms in total. The Morgan fingerprint density at radius 2 is 1.61 bits per heavy atom. The third-order valence-corrected chi connectivity index (χ3v) is 7.66.